The van der Waals surface area contributed by atoms with E-state index in [0.29, 0.717) is 0 Å². The Morgan fingerprint density at radius 3 is 1.56 bits per heavy atom. The maximum Gasteiger partial charge on any atom is 0.262 e. The quantitative estimate of drug-likeness (QED) is 0.313. The van der Waals surface area contributed by atoms with E-state index in [-0.39, 0.29) is 6.71 Å². The van der Waals surface area contributed by atoms with Crippen LogP contribution >= 0.6 is 0 Å². The topological polar surface area (TPSA) is 44.9 Å². The average Bonchev–Trinajstić information content (AvgIpc) is 3.45. The minimum absolute atomic E-state index is 0.0707. The molecule has 7 aromatic rings. The highest BCUT2D eigenvalue weighted by Crippen LogP contribution is 2.45. The van der Waals surface area contributed by atoms with Gasteiger partial charge in [0.15, 0.2) is 0 Å². The first kappa shape index (κ1) is 17.8. The lowest BCUT2D eigenvalue weighted by molar-refractivity contribution is 0.499. The van der Waals surface area contributed by atoms with Crippen LogP contribution in [0.5, 0.6) is 11.5 Å². The van der Waals surface area contributed by atoms with Crippen molar-refractivity contribution in [3.63, 3.8) is 0 Å². The van der Waals surface area contributed by atoms with Crippen molar-refractivity contribution in [3.05, 3.63) is 78.4 Å². The van der Waals surface area contributed by atoms with Crippen LogP contribution in [0, 0.1) is 13.8 Å². The van der Waals surface area contributed by atoms with Gasteiger partial charge in [0.1, 0.15) is 23.1 Å². The van der Waals surface area contributed by atoms with Gasteiger partial charge in [-0.1, -0.05) is 54.6 Å². The zero-order valence-electron chi connectivity index (χ0n) is 19.6. The van der Waals surface area contributed by atoms with Crippen molar-refractivity contribution in [3.8, 4) is 22.9 Å². The van der Waals surface area contributed by atoms with Gasteiger partial charge >= 0.3 is 0 Å². The third kappa shape index (κ3) is 1.67. The second-order valence-electron chi connectivity index (χ2n) is 10.2. The van der Waals surface area contributed by atoms with Crippen molar-refractivity contribution in [1.29, 1.82) is 0 Å². The van der Waals surface area contributed by atoms with E-state index in [1.807, 2.05) is 0 Å². The molecule has 36 heavy (non-hydrogen) atoms. The molecule has 0 fully saturated rings. The Balaban J connectivity index is 1.57. The fourth-order valence-corrected chi connectivity index (χ4v) is 7.32. The molecule has 0 saturated heterocycles. The van der Waals surface area contributed by atoms with Crippen molar-refractivity contribution in [1.82, 2.24) is 19.1 Å². The number of aryl methyl sites for hydroxylation is 2. The summed E-state index contributed by atoms with van der Waals surface area (Å²) in [6, 6.07) is 23.8. The van der Waals surface area contributed by atoms with E-state index in [0.717, 1.165) is 55.7 Å². The van der Waals surface area contributed by atoms with Gasteiger partial charge in [0, 0.05) is 32.9 Å². The van der Waals surface area contributed by atoms with Crippen LogP contribution in [0.3, 0.4) is 0 Å². The van der Waals surface area contributed by atoms with Crippen LogP contribution in [0.25, 0.3) is 55.0 Å². The Labute approximate surface area is 205 Å². The first-order chi connectivity index (χ1) is 17.7. The summed E-state index contributed by atoms with van der Waals surface area (Å²) in [6.45, 7) is 4.29. The smallest absolute Gasteiger partial charge is 0.262 e. The van der Waals surface area contributed by atoms with Gasteiger partial charge < -0.3 is 4.74 Å². The molecule has 0 aliphatic carbocycles. The standard InChI is InChI=1S/C30H17BN4O/c1-14-32-25-16-8-3-5-10-18(16)29-23-27(25)34(14)20-12-7-13-21-22(20)31(23)24-28-26(33-15(2)35(21)28)17-9-4-6-11-19(17)30(24)36-29/h3-13H,1-2H3. The first-order valence-electron chi connectivity index (χ1n) is 12.4. The summed E-state index contributed by atoms with van der Waals surface area (Å²) in [4.78, 5) is 10.3. The molecule has 0 spiro atoms. The van der Waals surface area contributed by atoms with Gasteiger partial charge in [-0.3, -0.25) is 9.13 Å². The molecule has 5 aromatic carbocycles. The second kappa shape index (κ2) is 5.47. The summed E-state index contributed by atoms with van der Waals surface area (Å²) in [6.07, 6.45) is 0. The lowest BCUT2D eigenvalue weighted by Gasteiger charge is -2.38. The lowest BCUT2D eigenvalue weighted by atomic mass is 9.33. The Morgan fingerprint density at radius 1 is 0.583 bits per heavy atom. The Hall–Kier alpha value is -4.58. The molecule has 2 aromatic heterocycles. The second-order valence-corrected chi connectivity index (χ2v) is 10.2. The van der Waals surface area contributed by atoms with E-state index in [1.54, 1.807) is 0 Å². The fraction of sp³-hybridized carbons (Fsp3) is 0.0667. The third-order valence-electron chi connectivity index (χ3n) is 8.56. The number of imidazole rings is 2. The Morgan fingerprint density at radius 2 is 1.06 bits per heavy atom. The minimum Gasteiger partial charge on any atom is -0.457 e. The predicted octanol–water partition coefficient (Wildman–Crippen LogP) is 4.54. The van der Waals surface area contributed by atoms with Gasteiger partial charge in [-0.25, -0.2) is 9.97 Å². The number of hydrogen-bond donors (Lipinski definition) is 0. The molecule has 0 saturated carbocycles. The van der Waals surface area contributed by atoms with Crippen molar-refractivity contribution in [2.24, 2.45) is 0 Å². The van der Waals surface area contributed by atoms with Crippen LogP contribution in [-0.2, 0) is 0 Å². The SMILES string of the molecule is Cc1nc2c3ccccc3c3c4c2n1-c1cccc2c1B4c1c(c4ccccc4c4nc(C)n-2c14)O3. The molecule has 0 atom stereocenters. The first-order valence-corrected chi connectivity index (χ1v) is 12.4. The molecule has 0 unspecified atom stereocenters. The van der Waals surface area contributed by atoms with E-state index < -0.39 is 0 Å². The zero-order chi connectivity index (χ0) is 23.4. The summed E-state index contributed by atoms with van der Waals surface area (Å²) in [5, 5.41) is 4.52. The van der Waals surface area contributed by atoms with Gasteiger partial charge in [0.05, 0.1) is 22.1 Å². The van der Waals surface area contributed by atoms with Crippen molar-refractivity contribution < 1.29 is 4.74 Å². The third-order valence-corrected chi connectivity index (χ3v) is 8.56. The predicted molar refractivity (Wildman–Crippen MR) is 145 cm³/mol. The van der Waals surface area contributed by atoms with Gasteiger partial charge in [-0.15, -0.1) is 0 Å². The number of hydrogen-bond acceptors (Lipinski definition) is 3. The largest absolute Gasteiger partial charge is 0.457 e. The van der Waals surface area contributed by atoms with E-state index >= 15 is 0 Å². The van der Waals surface area contributed by atoms with Crippen LogP contribution in [0.2, 0.25) is 0 Å². The minimum atomic E-state index is 0.0707. The summed E-state index contributed by atoms with van der Waals surface area (Å²) >= 11 is 0. The average molecular weight is 460 g/mol. The molecule has 0 bridgehead atoms. The van der Waals surface area contributed by atoms with Crippen LogP contribution in [0.15, 0.2) is 66.7 Å². The van der Waals surface area contributed by atoms with Crippen LogP contribution in [0.4, 0.5) is 0 Å². The molecule has 3 aliphatic rings. The summed E-state index contributed by atoms with van der Waals surface area (Å²) in [7, 11) is 0. The van der Waals surface area contributed by atoms with Gasteiger partial charge in [-0.05, 0) is 42.4 Å². The molecule has 0 N–H and O–H groups in total. The highest BCUT2D eigenvalue weighted by atomic mass is 16.5. The normalized spacial score (nSPS) is 14.0. The highest BCUT2D eigenvalue weighted by Gasteiger charge is 2.47. The van der Waals surface area contributed by atoms with Gasteiger partial charge in [0.2, 0.25) is 0 Å². The summed E-state index contributed by atoms with van der Waals surface area (Å²) in [5.41, 5.74) is 10.7. The monoisotopic (exact) mass is 460 g/mol. The van der Waals surface area contributed by atoms with Crippen LogP contribution in [-0.4, -0.2) is 25.8 Å². The number of aromatic nitrogens is 4. The lowest BCUT2D eigenvalue weighted by Crippen LogP contribution is -2.61. The molecule has 3 aliphatic heterocycles. The zero-order valence-corrected chi connectivity index (χ0v) is 19.6. The highest BCUT2D eigenvalue weighted by molar-refractivity contribution is 7.02. The van der Waals surface area contributed by atoms with E-state index in [4.69, 9.17) is 14.7 Å². The molecule has 5 nitrogen and oxygen atoms in total. The number of nitrogens with zero attached hydrogens (tertiary/aromatic N) is 4. The van der Waals surface area contributed by atoms with Gasteiger partial charge in [-0.2, -0.15) is 0 Å². The molecule has 0 amide bonds. The number of benzene rings is 5. The molecular formula is C30H17BN4O. The van der Waals surface area contributed by atoms with E-state index in [9.17, 15) is 0 Å². The van der Waals surface area contributed by atoms with Crippen LogP contribution < -0.4 is 21.1 Å². The summed E-state index contributed by atoms with van der Waals surface area (Å²) in [5.74, 6) is 3.92. The van der Waals surface area contributed by atoms with Crippen molar-refractivity contribution in [2.45, 2.75) is 13.8 Å². The molecule has 166 valence electrons. The maximum absolute atomic E-state index is 7.05. The van der Waals surface area contributed by atoms with Gasteiger partial charge in [0.25, 0.3) is 6.71 Å². The van der Waals surface area contributed by atoms with E-state index in [2.05, 4.69) is 89.7 Å². The molecule has 0 radical (unpaired) electrons. The number of fused-ring (bicyclic) bond motifs is 8. The maximum atomic E-state index is 7.05. The summed E-state index contributed by atoms with van der Waals surface area (Å²) < 4.78 is 11.7. The van der Waals surface area contributed by atoms with Crippen molar-refractivity contribution in [2.75, 3.05) is 0 Å². The van der Waals surface area contributed by atoms with E-state index in [1.165, 1.54) is 38.8 Å². The number of ether oxygens (including phenoxy) is 1. The fourth-order valence-electron chi connectivity index (χ4n) is 7.32. The van der Waals surface area contributed by atoms with Crippen LogP contribution in [0.1, 0.15) is 11.6 Å². The molecular weight excluding hydrogens is 443 g/mol. The molecule has 6 heteroatoms. The molecule has 5 heterocycles. The Kier molecular flexibility index (Phi) is 2.70. The van der Waals surface area contributed by atoms with Crippen molar-refractivity contribution >= 4 is 66.7 Å². The number of rotatable bonds is 0. The molecule has 10 rings (SSSR count). The Bertz CT molecular complexity index is 2070.